The molecule has 0 spiro atoms. The van der Waals surface area contributed by atoms with Gasteiger partial charge in [0.1, 0.15) is 0 Å². The van der Waals surface area contributed by atoms with Crippen molar-refractivity contribution in [3.8, 4) is 0 Å². The van der Waals surface area contributed by atoms with Gasteiger partial charge in [-0.15, -0.1) is 0 Å². The van der Waals surface area contributed by atoms with Crippen molar-refractivity contribution in [2.45, 2.75) is 12.8 Å². The average Bonchev–Trinajstić information content (AvgIpc) is 1.79. The van der Waals surface area contributed by atoms with Crippen molar-refractivity contribution in [2.24, 2.45) is 0 Å². The maximum Gasteiger partial charge on any atom is 0.0557 e. The first kappa shape index (κ1) is 8.27. The zero-order valence-corrected chi connectivity index (χ0v) is 8.60. The molecule has 0 atom stereocenters. The zero-order valence-electron chi connectivity index (χ0n) is 7.01. The summed E-state index contributed by atoms with van der Waals surface area (Å²) in [7, 11) is 0. The van der Waals surface area contributed by atoms with Gasteiger partial charge in [0.2, 0.25) is 0 Å². The molecule has 0 unspecified atom stereocenters. The number of halogens is 1. The molecule has 2 heteroatoms. The summed E-state index contributed by atoms with van der Waals surface area (Å²) in [6.45, 7) is 3.89. The van der Waals surface area contributed by atoms with Gasteiger partial charge in [0, 0.05) is 10.4 Å². The Bertz CT molecular complexity index is 272. The highest BCUT2D eigenvalue weighted by Gasteiger charge is 2.20. The van der Waals surface area contributed by atoms with Crippen molar-refractivity contribution in [3.63, 3.8) is 0 Å². The molecule has 1 aromatic rings. The first-order chi connectivity index (χ1) is 5.75. The summed E-state index contributed by atoms with van der Waals surface area (Å²) >= 11 is 3.49. The van der Waals surface area contributed by atoms with E-state index in [1.165, 1.54) is 15.6 Å². The zero-order chi connectivity index (χ0) is 8.55. The van der Waals surface area contributed by atoms with Crippen molar-refractivity contribution in [3.05, 3.63) is 33.8 Å². The highest BCUT2D eigenvalue weighted by molar-refractivity contribution is 9.10. The fourth-order valence-electron chi connectivity index (χ4n) is 1.43. The molecule has 1 heterocycles. The predicted molar refractivity (Wildman–Crippen MR) is 52.4 cm³/mol. The van der Waals surface area contributed by atoms with Crippen LogP contribution in [0.2, 0.25) is 0 Å². The standard InChI is InChI=1S/C10H11BrO/c1-7-2-8(4-10(11)3-7)9-5-12-6-9/h2-4,9H,5-6H2,1H3. The van der Waals surface area contributed by atoms with Crippen molar-refractivity contribution in [1.82, 2.24) is 0 Å². The molecule has 2 rings (SSSR count). The van der Waals surface area contributed by atoms with Gasteiger partial charge in [-0.2, -0.15) is 0 Å². The Morgan fingerprint density at radius 3 is 2.58 bits per heavy atom. The van der Waals surface area contributed by atoms with E-state index in [0.717, 1.165) is 13.2 Å². The van der Waals surface area contributed by atoms with Crippen LogP contribution in [-0.4, -0.2) is 13.2 Å². The molecule has 0 radical (unpaired) electrons. The van der Waals surface area contributed by atoms with Gasteiger partial charge in [-0.3, -0.25) is 0 Å². The van der Waals surface area contributed by atoms with Crippen LogP contribution in [-0.2, 0) is 4.74 Å². The van der Waals surface area contributed by atoms with E-state index in [4.69, 9.17) is 4.74 Å². The topological polar surface area (TPSA) is 9.23 Å². The monoisotopic (exact) mass is 226 g/mol. The minimum atomic E-state index is 0.626. The van der Waals surface area contributed by atoms with E-state index in [0.29, 0.717) is 5.92 Å². The van der Waals surface area contributed by atoms with E-state index in [-0.39, 0.29) is 0 Å². The second-order valence-corrected chi connectivity index (χ2v) is 4.21. The lowest BCUT2D eigenvalue weighted by atomic mass is 9.96. The van der Waals surface area contributed by atoms with Gasteiger partial charge in [0.25, 0.3) is 0 Å². The summed E-state index contributed by atoms with van der Waals surface area (Å²) in [4.78, 5) is 0. The molecule has 0 aliphatic carbocycles. The van der Waals surface area contributed by atoms with E-state index in [1.807, 2.05) is 0 Å². The van der Waals surface area contributed by atoms with E-state index >= 15 is 0 Å². The summed E-state index contributed by atoms with van der Waals surface area (Å²) in [6.07, 6.45) is 0. The van der Waals surface area contributed by atoms with Crippen molar-refractivity contribution in [2.75, 3.05) is 13.2 Å². The molecule has 1 aliphatic heterocycles. The second kappa shape index (κ2) is 3.19. The number of hydrogen-bond acceptors (Lipinski definition) is 1. The molecular formula is C10H11BrO. The fourth-order valence-corrected chi connectivity index (χ4v) is 2.05. The Kier molecular flexibility index (Phi) is 2.20. The number of ether oxygens (including phenoxy) is 1. The van der Waals surface area contributed by atoms with Gasteiger partial charge in [-0.1, -0.05) is 22.0 Å². The first-order valence-electron chi connectivity index (χ1n) is 4.10. The maximum absolute atomic E-state index is 5.15. The van der Waals surface area contributed by atoms with Crippen LogP contribution in [0.25, 0.3) is 0 Å². The molecule has 12 heavy (non-hydrogen) atoms. The summed E-state index contributed by atoms with van der Waals surface area (Å²) in [5.74, 6) is 0.626. The van der Waals surface area contributed by atoms with Crippen LogP contribution in [0.3, 0.4) is 0 Å². The second-order valence-electron chi connectivity index (χ2n) is 3.30. The van der Waals surface area contributed by atoms with E-state index in [1.54, 1.807) is 0 Å². The Morgan fingerprint density at radius 2 is 2.08 bits per heavy atom. The molecule has 0 N–H and O–H groups in total. The van der Waals surface area contributed by atoms with Crippen molar-refractivity contribution >= 4 is 15.9 Å². The van der Waals surface area contributed by atoms with Crippen LogP contribution < -0.4 is 0 Å². The summed E-state index contributed by atoms with van der Waals surface area (Å²) in [6, 6.07) is 6.54. The van der Waals surface area contributed by atoms with Crippen molar-refractivity contribution in [1.29, 1.82) is 0 Å². The third-order valence-electron chi connectivity index (χ3n) is 2.17. The molecule has 0 amide bonds. The van der Waals surface area contributed by atoms with E-state index in [9.17, 15) is 0 Å². The lowest BCUT2D eigenvalue weighted by Gasteiger charge is -2.26. The van der Waals surface area contributed by atoms with Crippen LogP contribution in [0.15, 0.2) is 22.7 Å². The molecule has 64 valence electrons. The molecular weight excluding hydrogens is 216 g/mol. The Hall–Kier alpha value is -0.340. The van der Waals surface area contributed by atoms with Crippen LogP contribution in [0.5, 0.6) is 0 Å². The van der Waals surface area contributed by atoms with Gasteiger partial charge < -0.3 is 4.74 Å². The predicted octanol–water partition coefficient (Wildman–Crippen LogP) is 2.87. The Morgan fingerprint density at radius 1 is 1.33 bits per heavy atom. The van der Waals surface area contributed by atoms with Crippen LogP contribution in [0.1, 0.15) is 17.0 Å². The van der Waals surface area contributed by atoms with Gasteiger partial charge in [0.15, 0.2) is 0 Å². The number of aryl methyl sites for hydroxylation is 1. The molecule has 1 nitrogen and oxygen atoms in total. The van der Waals surface area contributed by atoms with Crippen molar-refractivity contribution < 1.29 is 4.74 Å². The maximum atomic E-state index is 5.15. The third-order valence-corrected chi connectivity index (χ3v) is 2.63. The highest BCUT2D eigenvalue weighted by Crippen LogP contribution is 2.27. The smallest absolute Gasteiger partial charge is 0.0557 e. The van der Waals surface area contributed by atoms with E-state index < -0.39 is 0 Å². The van der Waals surface area contributed by atoms with Gasteiger partial charge in [-0.05, 0) is 30.2 Å². The molecule has 0 aromatic heterocycles. The number of rotatable bonds is 1. The summed E-state index contributed by atoms with van der Waals surface area (Å²) < 4.78 is 6.32. The van der Waals surface area contributed by atoms with E-state index in [2.05, 4.69) is 41.1 Å². The SMILES string of the molecule is Cc1cc(Br)cc(C2COC2)c1. The Balaban J connectivity index is 2.30. The fraction of sp³-hybridized carbons (Fsp3) is 0.400. The lowest BCUT2D eigenvalue weighted by molar-refractivity contribution is 0.00838. The normalized spacial score (nSPS) is 17.5. The lowest BCUT2D eigenvalue weighted by Crippen LogP contribution is -2.25. The number of benzene rings is 1. The van der Waals surface area contributed by atoms with Crippen LogP contribution in [0.4, 0.5) is 0 Å². The van der Waals surface area contributed by atoms with Gasteiger partial charge in [-0.25, -0.2) is 0 Å². The quantitative estimate of drug-likeness (QED) is 0.716. The van der Waals surface area contributed by atoms with Gasteiger partial charge in [0.05, 0.1) is 13.2 Å². The summed E-state index contributed by atoms with van der Waals surface area (Å²) in [5.41, 5.74) is 2.71. The molecule has 1 fully saturated rings. The minimum absolute atomic E-state index is 0.626. The molecule has 1 saturated heterocycles. The first-order valence-corrected chi connectivity index (χ1v) is 4.90. The minimum Gasteiger partial charge on any atom is -0.380 e. The molecule has 0 saturated carbocycles. The van der Waals surface area contributed by atoms with Crippen LogP contribution in [0, 0.1) is 6.92 Å². The van der Waals surface area contributed by atoms with Crippen LogP contribution >= 0.6 is 15.9 Å². The Labute approximate surface area is 80.9 Å². The number of hydrogen-bond donors (Lipinski definition) is 0. The average molecular weight is 227 g/mol. The van der Waals surface area contributed by atoms with Gasteiger partial charge >= 0.3 is 0 Å². The molecule has 1 aliphatic rings. The molecule has 0 bridgehead atoms. The summed E-state index contributed by atoms with van der Waals surface area (Å²) in [5, 5.41) is 0. The third kappa shape index (κ3) is 1.54. The highest BCUT2D eigenvalue weighted by atomic mass is 79.9. The largest absolute Gasteiger partial charge is 0.380 e. The molecule has 1 aromatic carbocycles.